The number of anilines is 3. The molecule has 28 heavy (non-hydrogen) atoms. The minimum atomic E-state index is -0.156. The van der Waals surface area contributed by atoms with Gasteiger partial charge in [0.1, 0.15) is 5.75 Å². The molecule has 146 valence electrons. The third-order valence-corrected chi connectivity index (χ3v) is 4.88. The van der Waals surface area contributed by atoms with Crippen LogP contribution in [0.3, 0.4) is 0 Å². The van der Waals surface area contributed by atoms with Crippen molar-refractivity contribution in [1.82, 2.24) is 4.98 Å². The highest BCUT2D eigenvalue weighted by molar-refractivity contribution is 7.13. The van der Waals surface area contributed by atoms with Crippen LogP contribution >= 0.6 is 11.3 Å². The number of amides is 1. The van der Waals surface area contributed by atoms with Crippen molar-refractivity contribution < 1.29 is 9.53 Å². The fourth-order valence-electron chi connectivity index (χ4n) is 2.70. The standard InChI is InChI=1S/C22H25N3O2S/c1-2-3-4-5-14-27-20-11-9-18(10-12-20)24-21(26)17-7-6-8-19(16-17)25-22-23-13-15-28-22/h6-13,15-16H,2-5,14H2,1H3,(H,23,25)(H,24,26). The first-order valence-electron chi connectivity index (χ1n) is 9.55. The molecule has 1 amide bonds. The van der Waals surface area contributed by atoms with Gasteiger partial charge in [-0.05, 0) is 48.9 Å². The first-order chi connectivity index (χ1) is 13.7. The van der Waals surface area contributed by atoms with Crippen LogP contribution in [0, 0.1) is 0 Å². The highest BCUT2D eigenvalue weighted by atomic mass is 32.1. The van der Waals surface area contributed by atoms with E-state index in [-0.39, 0.29) is 5.91 Å². The molecule has 3 aromatic rings. The van der Waals surface area contributed by atoms with Gasteiger partial charge in [0.05, 0.1) is 6.61 Å². The zero-order valence-corrected chi connectivity index (χ0v) is 16.8. The van der Waals surface area contributed by atoms with E-state index in [1.54, 1.807) is 12.3 Å². The van der Waals surface area contributed by atoms with E-state index >= 15 is 0 Å². The summed E-state index contributed by atoms with van der Waals surface area (Å²) in [6, 6.07) is 14.8. The number of hydrogen-bond acceptors (Lipinski definition) is 5. The monoisotopic (exact) mass is 395 g/mol. The van der Waals surface area contributed by atoms with Crippen molar-refractivity contribution >= 4 is 33.8 Å². The quantitative estimate of drug-likeness (QED) is 0.407. The van der Waals surface area contributed by atoms with Gasteiger partial charge in [0.15, 0.2) is 5.13 Å². The maximum Gasteiger partial charge on any atom is 0.255 e. The van der Waals surface area contributed by atoms with E-state index in [4.69, 9.17) is 4.74 Å². The van der Waals surface area contributed by atoms with E-state index in [0.717, 1.165) is 35.3 Å². The van der Waals surface area contributed by atoms with Crippen LogP contribution in [0.5, 0.6) is 5.75 Å². The topological polar surface area (TPSA) is 63.2 Å². The summed E-state index contributed by atoms with van der Waals surface area (Å²) >= 11 is 1.51. The van der Waals surface area contributed by atoms with Gasteiger partial charge in [-0.25, -0.2) is 4.98 Å². The molecule has 6 heteroatoms. The zero-order chi connectivity index (χ0) is 19.6. The molecule has 0 aliphatic rings. The molecule has 0 saturated heterocycles. The number of carbonyl (C=O) groups is 1. The van der Waals surface area contributed by atoms with Gasteiger partial charge in [0, 0.05) is 28.5 Å². The Hall–Kier alpha value is -2.86. The molecule has 5 nitrogen and oxygen atoms in total. The Kier molecular flexibility index (Phi) is 7.44. The van der Waals surface area contributed by atoms with E-state index < -0.39 is 0 Å². The second-order valence-electron chi connectivity index (χ2n) is 6.43. The molecule has 3 rings (SSSR count). The van der Waals surface area contributed by atoms with Crippen molar-refractivity contribution in [2.45, 2.75) is 32.6 Å². The molecular weight excluding hydrogens is 370 g/mol. The fourth-order valence-corrected chi connectivity index (χ4v) is 3.25. The molecule has 1 heterocycles. The molecular formula is C22H25N3O2S. The second-order valence-corrected chi connectivity index (χ2v) is 7.33. The van der Waals surface area contributed by atoms with E-state index in [0.29, 0.717) is 5.56 Å². The first kappa shape index (κ1) is 19.9. The lowest BCUT2D eigenvalue weighted by molar-refractivity contribution is 0.102. The number of nitrogens with one attached hydrogen (secondary N) is 2. The Balaban J connectivity index is 1.53. The Morgan fingerprint density at radius 3 is 2.68 bits per heavy atom. The number of hydrogen-bond donors (Lipinski definition) is 2. The predicted molar refractivity (Wildman–Crippen MR) is 116 cm³/mol. The number of ether oxygens (including phenoxy) is 1. The maximum absolute atomic E-state index is 12.5. The van der Waals surface area contributed by atoms with Crippen LogP contribution in [0.25, 0.3) is 0 Å². The highest BCUT2D eigenvalue weighted by Crippen LogP contribution is 2.21. The summed E-state index contributed by atoms with van der Waals surface area (Å²) in [5.74, 6) is 0.667. The average molecular weight is 396 g/mol. The Morgan fingerprint density at radius 1 is 1.07 bits per heavy atom. The van der Waals surface area contributed by atoms with E-state index in [1.807, 2.05) is 47.8 Å². The van der Waals surface area contributed by atoms with Gasteiger partial charge >= 0.3 is 0 Å². The van der Waals surface area contributed by atoms with Gasteiger partial charge in [0.2, 0.25) is 0 Å². The fraction of sp³-hybridized carbons (Fsp3) is 0.273. The average Bonchev–Trinajstić information content (AvgIpc) is 3.22. The molecule has 0 bridgehead atoms. The van der Waals surface area contributed by atoms with Crippen LogP contribution in [0.2, 0.25) is 0 Å². The second kappa shape index (κ2) is 10.5. The third kappa shape index (κ3) is 6.09. The normalized spacial score (nSPS) is 10.5. The molecule has 0 unspecified atom stereocenters. The molecule has 0 saturated carbocycles. The Bertz CT molecular complexity index is 864. The molecule has 0 aliphatic carbocycles. The Morgan fingerprint density at radius 2 is 1.93 bits per heavy atom. The molecule has 0 radical (unpaired) electrons. The third-order valence-electron chi connectivity index (χ3n) is 4.19. The smallest absolute Gasteiger partial charge is 0.255 e. The van der Waals surface area contributed by atoms with Crippen molar-refractivity contribution in [2.75, 3.05) is 17.2 Å². The number of nitrogens with zero attached hydrogens (tertiary/aromatic N) is 1. The number of rotatable bonds is 10. The molecule has 0 aliphatic heterocycles. The van der Waals surface area contributed by atoms with Gasteiger partial charge in [-0.3, -0.25) is 4.79 Å². The van der Waals surface area contributed by atoms with Crippen molar-refractivity contribution in [2.24, 2.45) is 0 Å². The summed E-state index contributed by atoms with van der Waals surface area (Å²) in [7, 11) is 0. The van der Waals surface area contributed by atoms with Crippen LogP contribution in [-0.2, 0) is 0 Å². The minimum Gasteiger partial charge on any atom is -0.494 e. The Labute approximate surface area is 169 Å². The van der Waals surface area contributed by atoms with Gasteiger partial charge in [-0.1, -0.05) is 32.3 Å². The first-order valence-corrected chi connectivity index (χ1v) is 10.4. The predicted octanol–water partition coefficient (Wildman–Crippen LogP) is 6.10. The molecule has 0 fully saturated rings. The van der Waals surface area contributed by atoms with Crippen molar-refractivity contribution in [1.29, 1.82) is 0 Å². The van der Waals surface area contributed by atoms with Crippen LogP contribution < -0.4 is 15.4 Å². The van der Waals surface area contributed by atoms with Crippen LogP contribution in [0.4, 0.5) is 16.5 Å². The zero-order valence-electron chi connectivity index (χ0n) is 16.0. The van der Waals surface area contributed by atoms with Crippen LogP contribution in [0.1, 0.15) is 43.0 Å². The lowest BCUT2D eigenvalue weighted by Crippen LogP contribution is -2.12. The summed E-state index contributed by atoms with van der Waals surface area (Å²) in [6.45, 7) is 2.92. The van der Waals surface area contributed by atoms with E-state index in [1.165, 1.54) is 30.6 Å². The molecule has 2 N–H and O–H groups in total. The number of aromatic nitrogens is 1. The van der Waals surface area contributed by atoms with E-state index in [9.17, 15) is 4.79 Å². The maximum atomic E-state index is 12.5. The lowest BCUT2D eigenvalue weighted by Gasteiger charge is -2.09. The largest absolute Gasteiger partial charge is 0.494 e. The number of thiazole rings is 1. The van der Waals surface area contributed by atoms with Crippen molar-refractivity contribution in [3.63, 3.8) is 0 Å². The number of unbranched alkanes of at least 4 members (excludes halogenated alkanes) is 3. The summed E-state index contributed by atoms with van der Waals surface area (Å²) in [6.07, 6.45) is 6.47. The van der Waals surface area contributed by atoms with Gasteiger partial charge in [0.25, 0.3) is 5.91 Å². The summed E-state index contributed by atoms with van der Waals surface area (Å²) < 4.78 is 5.74. The highest BCUT2D eigenvalue weighted by Gasteiger charge is 2.08. The van der Waals surface area contributed by atoms with Crippen LogP contribution in [-0.4, -0.2) is 17.5 Å². The molecule has 1 aromatic heterocycles. The molecule has 0 atom stereocenters. The van der Waals surface area contributed by atoms with Crippen LogP contribution in [0.15, 0.2) is 60.1 Å². The van der Waals surface area contributed by atoms with Crippen molar-refractivity contribution in [3.05, 3.63) is 65.7 Å². The van der Waals surface area contributed by atoms with Crippen molar-refractivity contribution in [3.8, 4) is 5.75 Å². The summed E-state index contributed by atoms with van der Waals surface area (Å²) in [4.78, 5) is 16.7. The van der Waals surface area contributed by atoms with E-state index in [2.05, 4.69) is 22.5 Å². The summed E-state index contributed by atoms with van der Waals surface area (Å²) in [5.41, 5.74) is 2.15. The molecule has 2 aromatic carbocycles. The molecule has 0 spiro atoms. The summed E-state index contributed by atoms with van der Waals surface area (Å²) in [5, 5.41) is 8.81. The number of carbonyl (C=O) groups excluding carboxylic acids is 1. The van der Waals surface area contributed by atoms with Gasteiger partial charge in [-0.2, -0.15) is 0 Å². The SMILES string of the molecule is CCCCCCOc1ccc(NC(=O)c2cccc(Nc3nccs3)c2)cc1. The number of benzene rings is 2. The van der Waals surface area contributed by atoms with Gasteiger partial charge in [-0.15, -0.1) is 11.3 Å². The lowest BCUT2D eigenvalue weighted by atomic mass is 10.2. The minimum absolute atomic E-state index is 0.156. The van der Waals surface area contributed by atoms with Gasteiger partial charge < -0.3 is 15.4 Å².